The molecule has 1 aromatic heterocycles. The average molecular weight is 274 g/mol. The van der Waals surface area contributed by atoms with Crippen LogP contribution >= 0.6 is 0 Å². The van der Waals surface area contributed by atoms with Crippen LogP contribution in [-0.2, 0) is 6.42 Å². The molecule has 1 aliphatic heterocycles. The molecule has 20 heavy (non-hydrogen) atoms. The van der Waals surface area contributed by atoms with Gasteiger partial charge in [0.2, 0.25) is 0 Å². The van der Waals surface area contributed by atoms with Gasteiger partial charge in [0.15, 0.2) is 0 Å². The number of aromatic nitrogens is 1. The van der Waals surface area contributed by atoms with Gasteiger partial charge in [-0.05, 0) is 45.6 Å². The summed E-state index contributed by atoms with van der Waals surface area (Å²) in [4.78, 5) is 9.64. The molecule has 3 atom stereocenters. The van der Waals surface area contributed by atoms with Crippen molar-refractivity contribution in [2.24, 2.45) is 0 Å². The second kappa shape index (κ2) is 5.80. The van der Waals surface area contributed by atoms with Gasteiger partial charge in [0.05, 0.1) is 0 Å². The third kappa shape index (κ3) is 2.48. The first-order valence-corrected chi connectivity index (χ1v) is 7.70. The zero-order valence-electron chi connectivity index (χ0n) is 12.8. The minimum absolute atomic E-state index is 0.485. The Bertz CT molecular complexity index is 462. The lowest BCUT2D eigenvalue weighted by Crippen LogP contribution is -2.59. The number of hydrogen-bond acceptors (Lipinski definition) is 4. The topological polar surface area (TPSA) is 31.4 Å². The number of rotatable bonds is 3. The van der Waals surface area contributed by atoms with E-state index in [1.165, 1.54) is 30.6 Å². The SMILES string of the molecule is CNC(C1CCc2cccnc21)C1CN(C)CCN1C. The molecule has 1 fully saturated rings. The van der Waals surface area contributed by atoms with Gasteiger partial charge in [-0.1, -0.05) is 6.07 Å². The summed E-state index contributed by atoms with van der Waals surface area (Å²) in [7, 11) is 6.60. The lowest BCUT2D eigenvalue weighted by atomic mass is 9.89. The minimum atomic E-state index is 0.485. The third-order valence-electron chi connectivity index (χ3n) is 5.08. The van der Waals surface area contributed by atoms with Gasteiger partial charge in [-0.25, -0.2) is 0 Å². The van der Waals surface area contributed by atoms with Gasteiger partial charge in [0.25, 0.3) is 0 Å². The number of piperazine rings is 1. The Kier molecular flexibility index (Phi) is 4.06. The van der Waals surface area contributed by atoms with Crippen molar-refractivity contribution in [3.8, 4) is 0 Å². The predicted molar refractivity (Wildman–Crippen MR) is 82.1 cm³/mol. The summed E-state index contributed by atoms with van der Waals surface area (Å²) >= 11 is 0. The van der Waals surface area contributed by atoms with Crippen LogP contribution in [0.2, 0.25) is 0 Å². The van der Waals surface area contributed by atoms with Crippen LogP contribution in [0.15, 0.2) is 18.3 Å². The molecule has 0 amide bonds. The van der Waals surface area contributed by atoms with Crippen LogP contribution in [0.4, 0.5) is 0 Å². The Hall–Kier alpha value is -0.970. The molecule has 3 rings (SSSR count). The Balaban J connectivity index is 1.83. The van der Waals surface area contributed by atoms with E-state index in [9.17, 15) is 0 Å². The van der Waals surface area contributed by atoms with Crippen molar-refractivity contribution in [2.75, 3.05) is 40.8 Å². The van der Waals surface area contributed by atoms with Crippen LogP contribution in [0.3, 0.4) is 0 Å². The Labute approximate surface area is 122 Å². The summed E-state index contributed by atoms with van der Waals surface area (Å²) in [6.07, 6.45) is 4.35. The minimum Gasteiger partial charge on any atom is -0.315 e. The van der Waals surface area contributed by atoms with Crippen molar-refractivity contribution in [1.29, 1.82) is 0 Å². The average Bonchev–Trinajstić information content (AvgIpc) is 2.88. The molecule has 0 saturated carbocycles. The largest absolute Gasteiger partial charge is 0.315 e. The van der Waals surface area contributed by atoms with Gasteiger partial charge in [0.1, 0.15) is 0 Å². The molecule has 2 heterocycles. The highest BCUT2D eigenvalue weighted by molar-refractivity contribution is 5.30. The third-order valence-corrected chi connectivity index (χ3v) is 5.08. The van der Waals surface area contributed by atoms with Gasteiger partial charge in [-0.15, -0.1) is 0 Å². The second-order valence-electron chi connectivity index (χ2n) is 6.32. The maximum absolute atomic E-state index is 4.68. The van der Waals surface area contributed by atoms with E-state index in [2.05, 4.69) is 53.4 Å². The monoisotopic (exact) mass is 274 g/mol. The molecule has 110 valence electrons. The van der Waals surface area contributed by atoms with E-state index in [-0.39, 0.29) is 0 Å². The van der Waals surface area contributed by atoms with E-state index in [4.69, 9.17) is 0 Å². The Morgan fingerprint density at radius 2 is 2.20 bits per heavy atom. The van der Waals surface area contributed by atoms with Crippen molar-refractivity contribution in [2.45, 2.75) is 30.8 Å². The summed E-state index contributed by atoms with van der Waals surface area (Å²) in [5, 5.41) is 3.60. The summed E-state index contributed by atoms with van der Waals surface area (Å²) in [6.45, 7) is 3.46. The van der Waals surface area contributed by atoms with Crippen LogP contribution in [0, 0.1) is 0 Å². The van der Waals surface area contributed by atoms with Crippen LogP contribution in [0.25, 0.3) is 0 Å². The van der Waals surface area contributed by atoms with Crippen molar-refractivity contribution >= 4 is 0 Å². The molecule has 1 aromatic rings. The van der Waals surface area contributed by atoms with Gasteiger partial charge in [0, 0.05) is 49.5 Å². The maximum atomic E-state index is 4.68. The lowest BCUT2D eigenvalue weighted by Gasteiger charge is -2.43. The predicted octanol–water partition coefficient (Wildman–Crippen LogP) is 0.945. The fourth-order valence-electron chi connectivity index (χ4n) is 3.89. The molecule has 1 aliphatic carbocycles. The van der Waals surface area contributed by atoms with Gasteiger partial charge < -0.3 is 10.2 Å². The van der Waals surface area contributed by atoms with Crippen molar-refractivity contribution in [3.05, 3.63) is 29.6 Å². The smallest absolute Gasteiger partial charge is 0.0482 e. The summed E-state index contributed by atoms with van der Waals surface area (Å²) in [5.41, 5.74) is 2.78. The number of nitrogens with zero attached hydrogens (tertiary/aromatic N) is 3. The van der Waals surface area contributed by atoms with E-state index in [1.54, 1.807) is 0 Å². The normalized spacial score (nSPS) is 29.4. The molecule has 0 radical (unpaired) electrons. The molecule has 0 aromatic carbocycles. The zero-order chi connectivity index (χ0) is 14.1. The summed E-state index contributed by atoms with van der Waals surface area (Å²) in [6, 6.07) is 5.36. The molecule has 0 bridgehead atoms. The zero-order valence-corrected chi connectivity index (χ0v) is 12.8. The summed E-state index contributed by atoms with van der Waals surface area (Å²) in [5.74, 6) is 0.551. The van der Waals surface area contributed by atoms with Crippen molar-refractivity contribution in [3.63, 3.8) is 0 Å². The molecule has 1 N–H and O–H groups in total. The fourth-order valence-corrected chi connectivity index (χ4v) is 3.89. The number of hydrogen-bond donors (Lipinski definition) is 1. The summed E-state index contributed by atoms with van der Waals surface area (Å²) < 4.78 is 0. The molecule has 4 nitrogen and oxygen atoms in total. The van der Waals surface area contributed by atoms with Crippen LogP contribution in [0.5, 0.6) is 0 Å². The highest BCUT2D eigenvalue weighted by Crippen LogP contribution is 2.35. The van der Waals surface area contributed by atoms with Gasteiger partial charge in [-0.2, -0.15) is 0 Å². The quantitative estimate of drug-likeness (QED) is 0.889. The second-order valence-corrected chi connectivity index (χ2v) is 6.32. The van der Waals surface area contributed by atoms with Gasteiger partial charge in [-0.3, -0.25) is 9.88 Å². The highest BCUT2D eigenvalue weighted by atomic mass is 15.3. The molecular formula is C16H26N4. The molecule has 0 spiro atoms. The number of aryl methyl sites for hydroxylation is 1. The van der Waals surface area contributed by atoms with E-state index in [0.29, 0.717) is 18.0 Å². The van der Waals surface area contributed by atoms with E-state index in [0.717, 1.165) is 13.1 Å². The number of likely N-dealkylation sites (N-methyl/N-ethyl adjacent to an activating group) is 3. The number of pyridine rings is 1. The number of nitrogens with one attached hydrogen (secondary N) is 1. The van der Waals surface area contributed by atoms with Crippen molar-refractivity contribution < 1.29 is 0 Å². The van der Waals surface area contributed by atoms with Gasteiger partial charge >= 0.3 is 0 Å². The number of fused-ring (bicyclic) bond motifs is 1. The molecule has 3 unspecified atom stereocenters. The van der Waals surface area contributed by atoms with E-state index >= 15 is 0 Å². The molecule has 2 aliphatic rings. The molecular weight excluding hydrogens is 248 g/mol. The fraction of sp³-hybridized carbons (Fsp3) is 0.688. The van der Waals surface area contributed by atoms with E-state index in [1.807, 2.05) is 6.20 Å². The standard InChI is InChI=1S/C16H26N4/c1-17-16(14-11-19(2)9-10-20(14)3)13-7-6-12-5-4-8-18-15(12)13/h4-5,8,13-14,16-17H,6-7,9-11H2,1-3H3. The van der Waals surface area contributed by atoms with Crippen LogP contribution < -0.4 is 5.32 Å². The highest BCUT2D eigenvalue weighted by Gasteiger charge is 2.38. The van der Waals surface area contributed by atoms with Crippen molar-refractivity contribution in [1.82, 2.24) is 20.1 Å². The van der Waals surface area contributed by atoms with Crippen LogP contribution in [0.1, 0.15) is 23.6 Å². The first kappa shape index (κ1) is 14.0. The molecule has 1 saturated heterocycles. The maximum Gasteiger partial charge on any atom is 0.0482 e. The lowest BCUT2D eigenvalue weighted by molar-refractivity contribution is 0.0817. The first-order valence-electron chi connectivity index (χ1n) is 7.70. The first-order chi connectivity index (χ1) is 9.70. The Morgan fingerprint density at radius 3 is 3.00 bits per heavy atom. The molecule has 4 heteroatoms. The Morgan fingerprint density at radius 1 is 1.35 bits per heavy atom. The van der Waals surface area contributed by atoms with Crippen LogP contribution in [-0.4, -0.2) is 67.6 Å². The van der Waals surface area contributed by atoms with E-state index < -0.39 is 0 Å².